The quantitative estimate of drug-likeness (QED) is 0.897. The fourth-order valence-corrected chi connectivity index (χ4v) is 3.38. The first-order chi connectivity index (χ1) is 11.8. The highest BCUT2D eigenvalue weighted by atomic mass is 19.4. The fraction of sp³-hybridized carbons (Fsp3) is 0.647. The topological polar surface area (TPSA) is 66.0 Å². The van der Waals surface area contributed by atoms with Crippen molar-refractivity contribution in [3.63, 3.8) is 0 Å². The third kappa shape index (κ3) is 4.23. The number of halogens is 3. The predicted molar refractivity (Wildman–Crippen MR) is 86.4 cm³/mol. The van der Waals surface area contributed by atoms with Crippen LogP contribution in [0.3, 0.4) is 0 Å². The molecule has 0 radical (unpaired) electrons. The molecule has 0 spiro atoms. The van der Waals surface area contributed by atoms with E-state index in [9.17, 15) is 13.2 Å². The van der Waals surface area contributed by atoms with E-state index in [1.807, 2.05) is 11.6 Å². The fourth-order valence-electron chi connectivity index (χ4n) is 3.38. The van der Waals surface area contributed by atoms with Gasteiger partial charge in [-0.2, -0.15) is 13.2 Å². The molecule has 1 aromatic heterocycles. The number of hydrogen-bond acceptors (Lipinski definition) is 4. The van der Waals surface area contributed by atoms with Gasteiger partial charge in [-0.05, 0) is 38.2 Å². The maximum Gasteiger partial charge on any atom is 0.416 e. The van der Waals surface area contributed by atoms with Gasteiger partial charge >= 0.3 is 6.18 Å². The zero-order valence-electron chi connectivity index (χ0n) is 14.2. The van der Waals surface area contributed by atoms with Crippen LogP contribution in [0, 0.1) is 0 Å². The molecule has 8 heteroatoms. The molecule has 1 aromatic rings. The Balaban J connectivity index is 1.63. The number of nitrogens with zero attached hydrogens (tertiary/aromatic N) is 3. The predicted octanol–water partition coefficient (Wildman–Crippen LogP) is 3.48. The minimum Gasteiger partial charge on any atom is -0.490 e. The first-order valence-electron chi connectivity index (χ1n) is 8.59. The number of rotatable bonds is 4. The van der Waals surface area contributed by atoms with E-state index in [4.69, 9.17) is 10.5 Å². The molecule has 138 valence electrons. The highest BCUT2D eigenvalue weighted by Gasteiger charge is 2.33. The molecule has 25 heavy (non-hydrogen) atoms. The standard InChI is InChI=1S/C17H23F3N4O/c1-24-15(22-23-16(24)11-5-7-13(21)8-6-11)10-25-14-4-2-3-12(9-14)17(18,19)20/h3,9,11,13H,2,4-8,10,21H2,1H3. The third-order valence-electron chi connectivity index (χ3n) is 4.92. The molecule has 1 fully saturated rings. The Morgan fingerprint density at radius 1 is 1.24 bits per heavy atom. The van der Waals surface area contributed by atoms with Gasteiger partial charge < -0.3 is 15.0 Å². The summed E-state index contributed by atoms with van der Waals surface area (Å²) in [5.41, 5.74) is 5.29. The van der Waals surface area contributed by atoms with Gasteiger partial charge in [-0.15, -0.1) is 10.2 Å². The van der Waals surface area contributed by atoms with Crippen LogP contribution >= 0.6 is 0 Å². The van der Waals surface area contributed by atoms with Crippen molar-refractivity contribution < 1.29 is 17.9 Å². The van der Waals surface area contributed by atoms with E-state index in [0.29, 0.717) is 30.3 Å². The molecule has 5 nitrogen and oxygen atoms in total. The van der Waals surface area contributed by atoms with E-state index in [0.717, 1.165) is 37.6 Å². The van der Waals surface area contributed by atoms with E-state index in [1.54, 1.807) is 0 Å². The minimum absolute atomic E-state index is 0.118. The summed E-state index contributed by atoms with van der Waals surface area (Å²) in [6, 6.07) is 0.265. The molecule has 2 aliphatic carbocycles. The van der Waals surface area contributed by atoms with Crippen molar-refractivity contribution in [3.8, 4) is 0 Å². The Bertz CT molecular complexity index is 670. The average molecular weight is 356 g/mol. The Morgan fingerprint density at radius 2 is 1.96 bits per heavy atom. The summed E-state index contributed by atoms with van der Waals surface area (Å²) in [6.45, 7) is 0.118. The van der Waals surface area contributed by atoms with Gasteiger partial charge in [0.1, 0.15) is 12.4 Å². The normalized spacial score (nSPS) is 24.7. The van der Waals surface area contributed by atoms with Crippen LogP contribution in [0.4, 0.5) is 13.2 Å². The van der Waals surface area contributed by atoms with Crippen LogP contribution in [0.15, 0.2) is 23.5 Å². The minimum atomic E-state index is -4.34. The molecule has 2 N–H and O–H groups in total. The molecular weight excluding hydrogens is 333 g/mol. The number of aromatic nitrogens is 3. The molecule has 0 saturated heterocycles. The summed E-state index contributed by atoms with van der Waals surface area (Å²) in [7, 11) is 1.87. The van der Waals surface area contributed by atoms with E-state index in [1.165, 1.54) is 6.08 Å². The van der Waals surface area contributed by atoms with Crippen molar-refractivity contribution in [2.45, 2.75) is 63.3 Å². The maximum absolute atomic E-state index is 12.8. The highest BCUT2D eigenvalue weighted by Crippen LogP contribution is 2.33. The number of allylic oxidation sites excluding steroid dienone is 4. The van der Waals surface area contributed by atoms with Crippen molar-refractivity contribution in [2.75, 3.05) is 0 Å². The molecule has 0 unspecified atom stereocenters. The van der Waals surface area contributed by atoms with Gasteiger partial charge in [0.15, 0.2) is 5.82 Å². The lowest BCUT2D eigenvalue weighted by atomic mass is 9.86. The number of nitrogens with two attached hydrogens (primary N) is 1. The summed E-state index contributed by atoms with van der Waals surface area (Å²) < 4.78 is 45.8. The monoisotopic (exact) mass is 356 g/mol. The molecule has 2 aliphatic rings. The van der Waals surface area contributed by atoms with Gasteiger partial charge in [0.05, 0.1) is 11.3 Å². The van der Waals surface area contributed by atoms with Crippen LogP contribution in [-0.4, -0.2) is 27.0 Å². The van der Waals surface area contributed by atoms with E-state index in [2.05, 4.69) is 10.2 Å². The lowest BCUT2D eigenvalue weighted by molar-refractivity contribution is -0.0891. The summed E-state index contributed by atoms with van der Waals surface area (Å²) in [6.07, 6.45) is 2.64. The molecule has 1 heterocycles. The molecular formula is C17H23F3N4O. The van der Waals surface area contributed by atoms with E-state index >= 15 is 0 Å². The van der Waals surface area contributed by atoms with Crippen molar-refractivity contribution in [3.05, 3.63) is 35.1 Å². The van der Waals surface area contributed by atoms with Crippen LogP contribution < -0.4 is 5.73 Å². The van der Waals surface area contributed by atoms with Crippen molar-refractivity contribution in [1.82, 2.24) is 14.8 Å². The van der Waals surface area contributed by atoms with Crippen molar-refractivity contribution in [1.29, 1.82) is 0 Å². The van der Waals surface area contributed by atoms with Crippen molar-refractivity contribution in [2.24, 2.45) is 12.8 Å². The zero-order chi connectivity index (χ0) is 18.0. The summed E-state index contributed by atoms with van der Waals surface area (Å²) in [5.74, 6) is 2.19. The second-order valence-corrected chi connectivity index (χ2v) is 6.74. The lowest BCUT2D eigenvalue weighted by Gasteiger charge is -2.25. The van der Waals surface area contributed by atoms with Crippen LogP contribution in [0.5, 0.6) is 0 Å². The molecule has 0 aromatic carbocycles. The smallest absolute Gasteiger partial charge is 0.416 e. The van der Waals surface area contributed by atoms with Gasteiger partial charge in [0.25, 0.3) is 0 Å². The number of hydrogen-bond donors (Lipinski definition) is 1. The number of ether oxygens (including phenoxy) is 1. The van der Waals surface area contributed by atoms with Gasteiger partial charge in [-0.25, -0.2) is 0 Å². The largest absolute Gasteiger partial charge is 0.490 e. The Kier molecular flexibility index (Phi) is 5.17. The van der Waals surface area contributed by atoms with Crippen LogP contribution in [0.2, 0.25) is 0 Å². The first-order valence-corrected chi connectivity index (χ1v) is 8.59. The van der Waals surface area contributed by atoms with Crippen LogP contribution in [-0.2, 0) is 18.4 Å². The molecule has 3 rings (SSSR count). The summed E-state index contributed by atoms with van der Waals surface area (Å²) in [5, 5.41) is 8.42. The SMILES string of the molecule is Cn1c(COC2=CC(C(F)(F)F)=CCC2)nnc1C1CCC(N)CC1. The summed E-state index contributed by atoms with van der Waals surface area (Å²) in [4.78, 5) is 0. The molecule has 0 aliphatic heterocycles. The second-order valence-electron chi connectivity index (χ2n) is 6.74. The van der Waals surface area contributed by atoms with Gasteiger partial charge in [-0.1, -0.05) is 6.08 Å². The Hall–Kier alpha value is -1.83. The van der Waals surface area contributed by atoms with Gasteiger partial charge in [0, 0.05) is 25.4 Å². The first kappa shape index (κ1) is 18.0. The Labute approximate surface area is 144 Å². The van der Waals surface area contributed by atoms with Crippen molar-refractivity contribution >= 4 is 0 Å². The highest BCUT2D eigenvalue weighted by molar-refractivity contribution is 5.29. The molecule has 1 saturated carbocycles. The van der Waals surface area contributed by atoms with Gasteiger partial charge in [-0.3, -0.25) is 0 Å². The van der Waals surface area contributed by atoms with E-state index < -0.39 is 11.7 Å². The van der Waals surface area contributed by atoms with Crippen LogP contribution in [0.1, 0.15) is 56.1 Å². The third-order valence-corrected chi connectivity index (χ3v) is 4.92. The van der Waals surface area contributed by atoms with E-state index in [-0.39, 0.29) is 12.6 Å². The molecule has 0 bridgehead atoms. The summed E-state index contributed by atoms with van der Waals surface area (Å²) >= 11 is 0. The Morgan fingerprint density at radius 3 is 2.64 bits per heavy atom. The van der Waals surface area contributed by atoms with Gasteiger partial charge in [0.2, 0.25) is 0 Å². The molecule has 0 amide bonds. The molecule has 0 atom stereocenters. The van der Waals surface area contributed by atoms with Crippen LogP contribution in [0.25, 0.3) is 0 Å². The zero-order valence-corrected chi connectivity index (χ0v) is 14.2. The number of alkyl halides is 3. The average Bonchev–Trinajstić information content (AvgIpc) is 2.94. The second kappa shape index (κ2) is 7.19. The lowest BCUT2D eigenvalue weighted by Crippen LogP contribution is -2.26. The maximum atomic E-state index is 12.8.